The van der Waals surface area contributed by atoms with E-state index in [1.165, 1.54) is 26.4 Å². The van der Waals surface area contributed by atoms with Gasteiger partial charge in [0.1, 0.15) is 0 Å². The van der Waals surface area contributed by atoms with Crippen molar-refractivity contribution < 1.29 is 28.6 Å². The second-order valence-corrected chi connectivity index (χ2v) is 6.38. The van der Waals surface area contributed by atoms with Crippen molar-refractivity contribution in [3.05, 3.63) is 59.2 Å². The highest BCUT2D eigenvalue weighted by Gasteiger charge is 2.11. The lowest BCUT2D eigenvalue weighted by Crippen LogP contribution is -2.37. The van der Waals surface area contributed by atoms with Crippen molar-refractivity contribution in [3.8, 4) is 11.5 Å². The standard InChI is InChI=1S/C22H24N2O6/c1-14-5-8-17(15(2)11-14)23-22(27)24-20(25)13-30-21(26)10-7-16-6-9-18(28-3)19(12-16)29-4/h5-12H,13H2,1-4H3,(H2,23,24,25,27)/b10-7+. The number of ether oxygens (including phenoxy) is 3. The fourth-order valence-corrected chi connectivity index (χ4v) is 2.58. The molecule has 8 heteroatoms. The van der Waals surface area contributed by atoms with E-state index in [2.05, 4.69) is 10.6 Å². The fourth-order valence-electron chi connectivity index (χ4n) is 2.58. The Morgan fingerprint density at radius 1 is 0.967 bits per heavy atom. The molecule has 0 heterocycles. The zero-order valence-corrected chi connectivity index (χ0v) is 17.3. The second kappa shape index (κ2) is 10.7. The van der Waals surface area contributed by atoms with Gasteiger partial charge in [-0.1, -0.05) is 23.8 Å². The Morgan fingerprint density at radius 2 is 1.70 bits per heavy atom. The summed E-state index contributed by atoms with van der Waals surface area (Å²) in [6.07, 6.45) is 2.68. The molecule has 0 spiro atoms. The van der Waals surface area contributed by atoms with Crippen molar-refractivity contribution >= 4 is 29.7 Å². The highest BCUT2D eigenvalue weighted by molar-refractivity contribution is 6.02. The van der Waals surface area contributed by atoms with Gasteiger partial charge in [-0.3, -0.25) is 10.1 Å². The number of nitrogens with one attached hydrogen (secondary N) is 2. The summed E-state index contributed by atoms with van der Waals surface area (Å²) in [7, 11) is 3.03. The first-order chi connectivity index (χ1) is 14.3. The van der Waals surface area contributed by atoms with Gasteiger partial charge in [-0.05, 0) is 49.2 Å². The van der Waals surface area contributed by atoms with E-state index in [-0.39, 0.29) is 0 Å². The molecule has 158 valence electrons. The lowest BCUT2D eigenvalue weighted by atomic mass is 10.1. The van der Waals surface area contributed by atoms with Gasteiger partial charge in [-0.25, -0.2) is 9.59 Å². The second-order valence-electron chi connectivity index (χ2n) is 6.38. The van der Waals surface area contributed by atoms with Gasteiger partial charge in [0, 0.05) is 11.8 Å². The summed E-state index contributed by atoms with van der Waals surface area (Å²) in [5, 5.41) is 4.68. The van der Waals surface area contributed by atoms with Crippen LogP contribution in [0, 0.1) is 13.8 Å². The molecule has 0 aliphatic heterocycles. The van der Waals surface area contributed by atoms with Crippen molar-refractivity contribution in [1.82, 2.24) is 5.32 Å². The van der Waals surface area contributed by atoms with Crippen LogP contribution in [-0.4, -0.2) is 38.7 Å². The SMILES string of the molecule is COc1ccc(/C=C/C(=O)OCC(=O)NC(=O)Nc2ccc(C)cc2C)cc1OC. The molecule has 2 aromatic carbocycles. The molecule has 0 aliphatic rings. The first kappa shape index (κ1) is 22.5. The number of methoxy groups -OCH3 is 2. The van der Waals surface area contributed by atoms with Crippen LogP contribution in [0.5, 0.6) is 11.5 Å². The minimum Gasteiger partial charge on any atom is -0.493 e. The molecule has 0 aliphatic carbocycles. The summed E-state index contributed by atoms with van der Waals surface area (Å²) in [6.45, 7) is 3.20. The maximum atomic E-state index is 11.9. The number of rotatable bonds is 7. The molecule has 0 aromatic heterocycles. The molecule has 0 radical (unpaired) electrons. The normalized spacial score (nSPS) is 10.4. The number of amides is 3. The molecular formula is C22H24N2O6. The lowest BCUT2D eigenvalue weighted by molar-refractivity contribution is -0.143. The van der Waals surface area contributed by atoms with E-state index in [4.69, 9.17) is 14.2 Å². The highest BCUT2D eigenvalue weighted by atomic mass is 16.5. The fraction of sp³-hybridized carbons (Fsp3) is 0.227. The number of imide groups is 1. The summed E-state index contributed by atoms with van der Waals surface area (Å²) in [5.41, 5.74) is 3.19. The van der Waals surface area contributed by atoms with Gasteiger partial charge in [-0.2, -0.15) is 0 Å². The van der Waals surface area contributed by atoms with Crippen LogP contribution in [0.15, 0.2) is 42.5 Å². The number of aryl methyl sites for hydroxylation is 2. The van der Waals surface area contributed by atoms with Crippen LogP contribution in [-0.2, 0) is 14.3 Å². The van der Waals surface area contributed by atoms with Crippen LogP contribution in [0.1, 0.15) is 16.7 Å². The molecule has 0 saturated heterocycles. The predicted octanol–water partition coefficient (Wildman–Crippen LogP) is 3.23. The summed E-state index contributed by atoms with van der Waals surface area (Å²) in [4.78, 5) is 35.5. The van der Waals surface area contributed by atoms with E-state index >= 15 is 0 Å². The molecule has 3 amide bonds. The molecule has 0 saturated carbocycles. The molecule has 8 nitrogen and oxygen atoms in total. The van der Waals surface area contributed by atoms with Gasteiger partial charge >= 0.3 is 12.0 Å². The smallest absolute Gasteiger partial charge is 0.331 e. The Kier molecular flexibility index (Phi) is 7.99. The van der Waals surface area contributed by atoms with E-state index in [1.54, 1.807) is 24.3 Å². The lowest BCUT2D eigenvalue weighted by Gasteiger charge is -2.10. The summed E-state index contributed by atoms with van der Waals surface area (Å²) in [5.74, 6) is -0.393. The number of carbonyl (C=O) groups is 3. The zero-order chi connectivity index (χ0) is 22.1. The number of anilines is 1. The van der Waals surface area contributed by atoms with Gasteiger partial charge in [0.25, 0.3) is 5.91 Å². The van der Waals surface area contributed by atoms with Crippen LogP contribution in [0.4, 0.5) is 10.5 Å². The Hall–Kier alpha value is -3.81. The van der Waals surface area contributed by atoms with Crippen molar-refractivity contribution in [1.29, 1.82) is 0 Å². The Bertz CT molecular complexity index is 968. The van der Waals surface area contributed by atoms with Gasteiger partial charge in [0.2, 0.25) is 0 Å². The van der Waals surface area contributed by atoms with Gasteiger partial charge in [-0.15, -0.1) is 0 Å². The third-order valence-electron chi connectivity index (χ3n) is 4.05. The molecule has 0 bridgehead atoms. The molecule has 2 N–H and O–H groups in total. The minimum atomic E-state index is -0.745. The Balaban J connectivity index is 1.81. The van der Waals surface area contributed by atoms with E-state index < -0.39 is 24.5 Å². The van der Waals surface area contributed by atoms with Crippen molar-refractivity contribution in [2.24, 2.45) is 0 Å². The van der Waals surface area contributed by atoms with Gasteiger partial charge in [0.15, 0.2) is 18.1 Å². The first-order valence-corrected chi connectivity index (χ1v) is 9.07. The number of benzene rings is 2. The summed E-state index contributed by atoms with van der Waals surface area (Å²) < 4.78 is 15.2. The monoisotopic (exact) mass is 412 g/mol. The van der Waals surface area contributed by atoms with Crippen molar-refractivity contribution in [3.63, 3.8) is 0 Å². The van der Waals surface area contributed by atoms with Gasteiger partial charge < -0.3 is 19.5 Å². The van der Waals surface area contributed by atoms with Crippen LogP contribution >= 0.6 is 0 Å². The Morgan fingerprint density at radius 3 is 2.37 bits per heavy atom. The maximum absolute atomic E-state index is 11.9. The molecule has 0 fully saturated rings. The highest BCUT2D eigenvalue weighted by Crippen LogP contribution is 2.27. The quantitative estimate of drug-likeness (QED) is 0.535. The van der Waals surface area contributed by atoms with E-state index in [0.29, 0.717) is 22.7 Å². The molecule has 2 rings (SSSR count). The van der Waals surface area contributed by atoms with Crippen LogP contribution in [0.25, 0.3) is 6.08 Å². The maximum Gasteiger partial charge on any atom is 0.331 e. The Labute approximate surface area is 174 Å². The van der Waals surface area contributed by atoms with Crippen molar-refractivity contribution in [2.75, 3.05) is 26.1 Å². The van der Waals surface area contributed by atoms with E-state index in [9.17, 15) is 14.4 Å². The third-order valence-corrected chi connectivity index (χ3v) is 4.05. The van der Waals surface area contributed by atoms with Crippen molar-refractivity contribution in [2.45, 2.75) is 13.8 Å². The van der Waals surface area contributed by atoms with Crippen LogP contribution in [0.3, 0.4) is 0 Å². The van der Waals surface area contributed by atoms with Gasteiger partial charge in [0.05, 0.1) is 14.2 Å². The molecule has 2 aromatic rings. The number of esters is 1. The largest absolute Gasteiger partial charge is 0.493 e. The zero-order valence-electron chi connectivity index (χ0n) is 17.3. The third kappa shape index (κ3) is 6.66. The van der Waals surface area contributed by atoms with Crippen LogP contribution in [0.2, 0.25) is 0 Å². The van der Waals surface area contributed by atoms with E-state index in [0.717, 1.165) is 11.1 Å². The topological polar surface area (TPSA) is 103 Å². The molecular weight excluding hydrogens is 388 g/mol. The van der Waals surface area contributed by atoms with E-state index in [1.807, 2.05) is 26.0 Å². The molecule has 0 atom stereocenters. The van der Waals surface area contributed by atoms with Crippen LogP contribution < -0.4 is 20.1 Å². The number of hydrogen-bond donors (Lipinski definition) is 2. The average Bonchev–Trinajstić information content (AvgIpc) is 2.72. The molecule has 0 unspecified atom stereocenters. The number of carbonyl (C=O) groups excluding carboxylic acids is 3. The molecule has 30 heavy (non-hydrogen) atoms. The summed E-state index contributed by atoms with van der Waals surface area (Å²) in [6, 6.07) is 9.91. The number of urea groups is 1. The predicted molar refractivity (Wildman–Crippen MR) is 113 cm³/mol. The number of hydrogen-bond acceptors (Lipinski definition) is 6. The first-order valence-electron chi connectivity index (χ1n) is 9.07. The summed E-state index contributed by atoms with van der Waals surface area (Å²) >= 11 is 0. The average molecular weight is 412 g/mol. The minimum absolute atomic E-state index is 0.516.